The monoisotopic (exact) mass is 356 g/mol. The van der Waals surface area contributed by atoms with Gasteiger partial charge in [-0.25, -0.2) is 0 Å². The third kappa shape index (κ3) is 4.59. The summed E-state index contributed by atoms with van der Waals surface area (Å²) in [5.41, 5.74) is 2.22. The summed E-state index contributed by atoms with van der Waals surface area (Å²) in [5, 5.41) is 4.88. The van der Waals surface area contributed by atoms with Gasteiger partial charge in [0, 0.05) is 23.3 Å². The van der Waals surface area contributed by atoms with Gasteiger partial charge in [0.25, 0.3) is 0 Å². The van der Waals surface area contributed by atoms with Crippen LogP contribution in [0.15, 0.2) is 66.7 Å². The zero-order valence-corrected chi connectivity index (χ0v) is 15.1. The molecule has 2 aromatic carbocycles. The first-order valence-electron chi connectivity index (χ1n) is 8.26. The average molecular weight is 357 g/mol. The van der Waals surface area contributed by atoms with Crippen LogP contribution in [-0.4, -0.2) is 16.1 Å². The normalized spacial score (nSPS) is 16.6. The largest absolute Gasteiger partial charge is 0.338 e. The van der Waals surface area contributed by atoms with Crippen LogP contribution in [0.5, 0.6) is 0 Å². The fourth-order valence-electron chi connectivity index (χ4n) is 2.90. The Hall–Kier alpha value is -1.84. The number of anilines is 1. The maximum Gasteiger partial charge on any atom is 0.174 e. The van der Waals surface area contributed by atoms with E-state index in [1.54, 1.807) is 0 Å². The molecule has 0 spiro atoms. The molecular weight excluding hydrogens is 336 g/mol. The van der Waals surface area contributed by atoms with Crippen LogP contribution in [0.25, 0.3) is 0 Å². The lowest BCUT2D eigenvalue weighted by molar-refractivity contribution is 0.328. The van der Waals surface area contributed by atoms with Crippen LogP contribution in [-0.2, 0) is 6.54 Å². The van der Waals surface area contributed by atoms with Crippen LogP contribution in [0.1, 0.15) is 24.8 Å². The van der Waals surface area contributed by atoms with Gasteiger partial charge in [-0.3, -0.25) is 0 Å². The minimum Gasteiger partial charge on any atom is -0.338 e. The van der Waals surface area contributed by atoms with Crippen LogP contribution >= 0.6 is 23.8 Å². The predicted molar refractivity (Wildman–Crippen MR) is 106 cm³/mol. The Labute approximate surface area is 154 Å². The first kappa shape index (κ1) is 17.0. The minimum absolute atomic E-state index is 0.332. The number of hydrogen-bond donors (Lipinski definition) is 1. The Balaban J connectivity index is 1.78. The molecular formula is C20H21ClN2S. The number of hydrogen-bond acceptors (Lipinski definition) is 1. The van der Waals surface area contributed by atoms with Gasteiger partial charge < -0.3 is 10.2 Å². The van der Waals surface area contributed by atoms with Gasteiger partial charge in [-0.05, 0) is 61.3 Å². The molecule has 1 aliphatic rings. The van der Waals surface area contributed by atoms with Crippen molar-refractivity contribution in [3.63, 3.8) is 0 Å². The van der Waals surface area contributed by atoms with Crippen molar-refractivity contribution < 1.29 is 0 Å². The molecule has 0 fully saturated rings. The lowest BCUT2D eigenvalue weighted by Gasteiger charge is -2.34. The van der Waals surface area contributed by atoms with E-state index in [0.29, 0.717) is 6.04 Å². The van der Waals surface area contributed by atoms with E-state index in [0.717, 1.165) is 35.2 Å². The third-order valence-corrected chi connectivity index (χ3v) is 4.77. The number of benzene rings is 2. The second-order valence-corrected chi connectivity index (χ2v) is 6.80. The zero-order valence-electron chi connectivity index (χ0n) is 13.5. The maximum absolute atomic E-state index is 6.00. The Morgan fingerprint density at radius 1 is 1.12 bits per heavy atom. The molecule has 0 aliphatic heterocycles. The standard InChI is InChI=1S/C20H21ClN2S/c21-17-13-11-16(12-14-17)15-23(19-9-5-2-6-10-19)20(24)22-18-7-3-1-4-8-18/h1,3-5,7-9,11-14,19H,2,6,10,15H2,(H,22,24). The van der Waals surface area contributed by atoms with Gasteiger partial charge in [0.05, 0.1) is 0 Å². The summed E-state index contributed by atoms with van der Waals surface area (Å²) < 4.78 is 0. The van der Waals surface area contributed by atoms with Crippen molar-refractivity contribution in [2.24, 2.45) is 0 Å². The first-order chi connectivity index (χ1) is 11.7. The van der Waals surface area contributed by atoms with Crippen LogP contribution < -0.4 is 5.32 Å². The molecule has 2 aromatic rings. The summed E-state index contributed by atoms with van der Waals surface area (Å²) in [6.07, 6.45) is 8.02. The van der Waals surface area contributed by atoms with E-state index in [2.05, 4.69) is 34.5 Å². The van der Waals surface area contributed by atoms with Crippen molar-refractivity contribution in [3.05, 3.63) is 77.3 Å². The molecule has 0 amide bonds. The number of nitrogens with one attached hydrogen (secondary N) is 1. The molecule has 4 heteroatoms. The van der Waals surface area contributed by atoms with Crippen LogP contribution in [0.3, 0.4) is 0 Å². The van der Waals surface area contributed by atoms with E-state index in [-0.39, 0.29) is 0 Å². The molecule has 0 radical (unpaired) electrons. The van der Waals surface area contributed by atoms with Crippen molar-refractivity contribution in [1.82, 2.24) is 4.90 Å². The van der Waals surface area contributed by atoms with Gasteiger partial charge in [-0.2, -0.15) is 0 Å². The summed E-state index contributed by atoms with van der Waals surface area (Å²) in [4.78, 5) is 2.27. The van der Waals surface area contributed by atoms with E-state index < -0.39 is 0 Å². The average Bonchev–Trinajstić information content (AvgIpc) is 2.63. The van der Waals surface area contributed by atoms with Gasteiger partial charge in [-0.15, -0.1) is 0 Å². The van der Waals surface area contributed by atoms with Crippen LogP contribution in [0.2, 0.25) is 5.02 Å². The third-order valence-electron chi connectivity index (χ3n) is 4.18. The van der Waals surface area contributed by atoms with E-state index in [1.807, 2.05) is 42.5 Å². The fraction of sp³-hybridized carbons (Fsp3) is 0.250. The van der Waals surface area contributed by atoms with Gasteiger partial charge in [-0.1, -0.05) is 54.1 Å². The molecule has 124 valence electrons. The van der Waals surface area contributed by atoms with Crippen molar-refractivity contribution in [2.75, 3.05) is 5.32 Å². The molecule has 0 saturated heterocycles. The number of nitrogens with zero attached hydrogens (tertiary/aromatic N) is 1. The maximum atomic E-state index is 6.00. The first-order valence-corrected chi connectivity index (χ1v) is 9.05. The van der Waals surface area contributed by atoms with Gasteiger partial charge in [0.1, 0.15) is 0 Å². The Kier molecular flexibility index (Phi) is 5.89. The number of rotatable bonds is 4. The highest BCUT2D eigenvalue weighted by Crippen LogP contribution is 2.21. The molecule has 1 N–H and O–H groups in total. The summed E-state index contributed by atoms with van der Waals surface area (Å²) in [5.74, 6) is 0. The number of thiocarbonyl (C=S) groups is 1. The fourth-order valence-corrected chi connectivity index (χ4v) is 3.34. The number of halogens is 1. The van der Waals surface area contributed by atoms with E-state index >= 15 is 0 Å². The van der Waals surface area contributed by atoms with Gasteiger partial charge >= 0.3 is 0 Å². The predicted octanol–water partition coefficient (Wildman–Crippen LogP) is 5.65. The second kappa shape index (κ2) is 8.32. The molecule has 0 heterocycles. The lowest BCUT2D eigenvalue weighted by atomic mass is 10.0. The van der Waals surface area contributed by atoms with Crippen molar-refractivity contribution in [3.8, 4) is 0 Å². The van der Waals surface area contributed by atoms with Crippen LogP contribution in [0, 0.1) is 0 Å². The van der Waals surface area contributed by atoms with Crippen LogP contribution in [0.4, 0.5) is 5.69 Å². The molecule has 1 aliphatic carbocycles. The Bertz CT molecular complexity index is 697. The second-order valence-electron chi connectivity index (χ2n) is 5.98. The SMILES string of the molecule is S=C(Nc1ccccc1)N(Cc1ccc(Cl)cc1)C1C=CCCC1. The Morgan fingerprint density at radius 3 is 2.54 bits per heavy atom. The summed E-state index contributed by atoms with van der Waals surface area (Å²) in [6, 6.07) is 18.4. The molecule has 0 saturated carbocycles. The van der Waals surface area contributed by atoms with E-state index in [1.165, 1.54) is 12.0 Å². The highest BCUT2D eigenvalue weighted by Gasteiger charge is 2.20. The van der Waals surface area contributed by atoms with E-state index in [9.17, 15) is 0 Å². The molecule has 0 bridgehead atoms. The van der Waals surface area contributed by atoms with Gasteiger partial charge in [0.15, 0.2) is 5.11 Å². The summed E-state index contributed by atoms with van der Waals surface area (Å²) >= 11 is 11.7. The summed E-state index contributed by atoms with van der Waals surface area (Å²) in [7, 11) is 0. The Morgan fingerprint density at radius 2 is 1.88 bits per heavy atom. The molecule has 24 heavy (non-hydrogen) atoms. The topological polar surface area (TPSA) is 15.3 Å². The van der Waals surface area contributed by atoms with E-state index in [4.69, 9.17) is 23.8 Å². The van der Waals surface area contributed by atoms with Crippen molar-refractivity contribution in [2.45, 2.75) is 31.8 Å². The lowest BCUT2D eigenvalue weighted by Crippen LogP contribution is -2.41. The summed E-state index contributed by atoms with van der Waals surface area (Å²) in [6.45, 7) is 0.769. The molecule has 1 unspecified atom stereocenters. The molecule has 1 atom stereocenters. The highest BCUT2D eigenvalue weighted by molar-refractivity contribution is 7.80. The minimum atomic E-state index is 0.332. The van der Waals surface area contributed by atoms with Gasteiger partial charge in [0.2, 0.25) is 0 Å². The quantitative estimate of drug-likeness (QED) is 0.563. The molecule has 0 aromatic heterocycles. The number of para-hydroxylation sites is 1. The molecule has 3 rings (SSSR count). The van der Waals surface area contributed by atoms with Crippen molar-refractivity contribution >= 4 is 34.6 Å². The molecule has 2 nitrogen and oxygen atoms in total. The van der Waals surface area contributed by atoms with Crippen molar-refractivity contribution in [1.29, 1.82) is 0 Å². The highest BCUT2D eigenvalue weighted by atomic mass is 35.5. The smallest absolute Gasteiger partial charge is 0.174 e. The number of allylic oxidation sites excluding steroid dienone is 1. The zero-order chi connectivity index (χ0) is 16.8.